The van der Waals surface area contributed by atoms with E-state index >= 15 is 0 Å². The van der Waals surface area contributed by atoms with Crippen molar-refractivity contribution in [3.63, 3.8) is 0 Å². The lowest BCUT2D eigenvalue weighted by Crippen LogP contribution is -2.04. The zero-order chi connectivity index (χ0) is 15.5. The molecule has 3 aromatic rings. The van der Waals surface area contributed by atoms with Gasteiger partial charge in [0, 0.05) is 17.1 Å². The molecular formula is C17H17ClN4. The lowest BCUT2D eigenvalue weighted by molar-refractivity contribution is 0.791. The molecule has 0 spiro atoms. The first-order valence-electron chi connectivity index (χ1n) is 7.23. The van der Waals surface area contributed by atoms with Gasteiger partial charge < -0.3 is 5.73 Å². The van der Waals surface area contributed by atoms with Gasteiger partial charge >= 0.3 is 0 Å². The molecule has 0 saturated carbocycles. The minimum absolute atomic E-state index is 0.340. The zero-order valence-corrected chi connectivity index (χ0v) is 13.1. The lowest BCUT2D eigenvalue weighted by Gasteiger charge is -2.11. The third kappa shape index (κ3) is 2.63. The molecule has 0 aliphatic heterocycles. The SMILES string of the molecule is CCc1ccccc1-n1nnc(CN)c1-c1ccc(Cl)cc1. The van der Waals surface area contributed by atoms with Crippen molar-refractivity contribution in [2.45, 2.75) is 19.9 Å². The molecule has 0 atom stereocenters. The third-order valence-corrected chi connectivity index (χ3v) is 3.90. The number of rotatable bonds is 4. The molecule has 0 unspecified atom stereocenters. The van der Waals surface area contributed by atoms with E-state index in [1.54, 1.807) is 0 Å². The van der Waals surface area contributed by atoms with Gasteiger partial charge in [0.25, 0.3) is 0 Å². The van der Waals surface area contributed by atoms with Gasteiger partial charge in [0.05, 0.1) is 11.4 Å². The molecular weight excluding hydrogens is 296 g/mol. The largest absolute Gasteiger partial charge is 0.325 e. The first-order valence-corrected chi connectivity index (χ1v) is 7.61. The molecule has 2 aromatic carbocycles. The van der Waals surface area contributed by atoms with E-state index in [4.69, 9.17) is 17.3 Å². The summed E-state index contributed by atoms with van der Waals surface area (Å²) >= 11 is 5.99. The van der Waals surface area contributed by atoms with Gasteiger partial charge in [-0.15, -0.1) is 5.10 Å². The molecule has 5 heteroatoms. The van der Waals surface area contributed by atoms with Crippen molar-refractivity contribution in [3.8, 4) is 16.9 Å². The van der Waals surface area contributed by atoms with E-state index < -0.39 is 0 Å². The van der Waals surface area contributed by atoms with Crippen LogP contribution in [0.5, 0.6) is 0 Å². The summed E-state index contributed by atoms with van der Waals surface area (Å²) in [7, 11) is 0. The summed E-state index contributed by atoms with van der Waals surface area (Å²) in [5, 5.41) is 9.26. The monoisotopic (exact) mass is 312 g/mol. The molecule has 112 valence electrons. The van der Waals surface area contributed by atoms with Crippen LogP contribution >= 0.6 is 11.6 Å². The Morgan fingerprint density at radius 2 is 1.82 bits per heavy atom. The molecule has 0 aliphatic rings. The highest BCUT2D eigenvalue weighted by atomic mass is 35.5. The topological polar surface area (TPSA) is 56.7 Å². The standard InChI is InChI=1S/C17H17ClN4/c1-2-12-5-3-4-6-16(12)22-17(15(11-19)20-21-22)13-7-9-14(18)10-8-13/h3-10H,2,11,19H2,1H3. The van der Waals surface area contributed by atoms with Crippen molar-refractivity contribution in [2.24, 2.45) is 5.73 Å². The molecule has 0 aliphatic carbocycles. The second-order valence-corrected chi connectivity index (χ2v) is 5.43. The van der Waals surface area contributed by atoms with Gasteiger partial charge in [-0.2, -0.15) is 0 Å². The van der Waals surface area contributed by atoms with Crippen LogP contribution in [0, 0.1) is 0 Å². The van der Waals surface area contributed by atoms with Gasteiger partial charge in [0.1, 0.15) is 5.69 Å². The van der Waals surface area contributed by atoms with Crippen molar-refractivity contribution in [2.75, 3.05) is 0 Å². The highest BCUT2D eigenvalue weighted by molar-refractivity contribution is 6.30. The van der Waals surface area contributed by atoms with Crippen LogP contribution in [0.15, 0.2) is 48.5 Å². The third-order valence-electron chi connectivity index (χ3n) is 3.65. The van der Waals surface area contributed by atoms with E-state index in [1.165, 1.54) is 5.56 Å². The minimum atomic E-state index is 0.340. The Bertz CT molecular complexity index is 778. The number of nitrogens with zero attached hydrogens (tertiary/aromatic N) is 3. The summed E-state index contributed by atoms with van der Waals surface area (Å²) in [5.41, 5.74) is 10.8. The number of hydrogen-bond donors (Lipinski definition) is 1. The van der Waals surface area contributed by atoms with Gasteiger partial charge in [-0.3, -0.25) is 0 Å². The van der Waals surface area contributed by atoms with Crippen molar-refractivity contribution in [1.29, 1.82) is 0 Å². The van der Waals surface area contributed by atoms with Crippen LogP contribution in [0.2, 0.25) is 5.02 Å². The lowest BCUT2D eigenvalue weighted by atomic mass is 10.1. The van der Waals surface area contributed by atoms with E-state index in [9.17, 15) is 0 Å². The second-order valence-electron chi connectivity index (χ2n) is 4.99. The normalized spacial score (nSPS) is 10.9. The Kier molecular flexibility index (Phi) is 4.22. The van der Waals surface area contributed by atoms with Crippen LogP contribution in [0.3, 0.4) is 0 Å². The number of aryl methyl sites for hydroxylation is 1. The van der Waals surface area contributed by atoms with Gasteiger partial charge in [-0.05, 0) is 30.2 Å². The Balaban J connectivity index is 2.21. The molecule has 2 N–H and O–H groups in total. The van der Waals surface area contributed by atoms with Crippen LogP contribution in [0.4, 0.5) is 0 Å². The van der Waals surface area contributed by atoms with Crippen LogP contribution < -0.4 is 5.73 Å². The Morgan fingerprint density at radius 3 is 2.50 bits per heavy atom. The first kappa shape index (κ1) is 14.8. The Morgan fingerprint density at radius 1 is 1.09 bits per heavy atom. The van der Waals surface area contributed by atoms with Gasteiger partial charge in [0.15, 0.2) is 0 Å². The molecule has 3 rings (SSSR count). The molecule has 4 nitrogen and oxygen atoms in total. The van der Waals surface area contributed by atoms with Crippen LogP contribution in [-0.2, 0) is 13.0 Å². The molecule has 0 saturated heterocycles. The fraction of sp³-hybridized carbons (Fsp3) is 0.176. The van der Waals surface area contributed by atoms with E-state index in [2.05, 4.69) is 23.3 Å². The van der Waals surface area contributed by atoms with Crippen molar-refractivity contribution < 1.29 is 0 Å². The Labute approximate surface area is 134 Å². The molecule has 0 bridgehead atoms. The number of nitrogens with two attached hydrogens (primary N) is 1. The van der Waals surface area contributed by atoms with Gasteiger partial charge in [0.2, 0.25) is 0 Å². The fourth-order valence-electron chi connectivity index (χ4n) is 2.53. The van der Waals surface area contributed by atoms with Crippen LogP contribution in [0.25, 0.3) is 16.9 Å². The maximum Gasteiger partial charge on any atom is 0.105 e. The van der Waals surface area contributed by atoms with E-state index in [0.29, 0.717) is 11.6 Å². The molecule has 1 heterocycles. The highest BCUT2D eigenvalue weighted by Gasteiger charge is 2.16. The zero-order valence-electron chi connectivity index (χ0n) is 12.3. The summed E-state index contributed by atoms with van der Waals surface area (Å²) in [5.74, 6) is 0. The summed E-state index contributed by atoms with van der Waals surface area (Å²) in [6, 6.07) is 15.8. The predicted molar refractivity (Wildman–Crippen MR) is 89.1 cm³/mol. The predicted octanol–water partition coefficient (Wildman–Crippen LogP) is 3.61. The fourth-order valence-corrected chi connectivity index (χ4v) is 2.66. The average molecular weight is 313 g/mol. The van der Waals surface area contributed by atoms with Crippen molar-refractivity contribution in [1.82, 2.24) is 15.0 Å². The minimum Gasteiger partial charge on any atom is -0.325 e. The Hall–Kier alpha value is -2.17. The first-order chi connectivity index (χ1) is 10.7. The van der Waals surface area contributed by atoms with Crippen LogP contribution in [-0.4, -0.2) is 15.0 Å². The number of hydrogen-bond acceptors (Lipinski definition) is 3. The number of benzene rings is 2. The maximum absolute atomic E-state index is 5.99. The number of aromatic nitrogens is 3. The molecule has 0 fully saturated rings. The number of halogens is 1. The summed E-state index contributed by atoms with van der Waals surface area (Å²) in [6.07, 6.45) is 0.925. The quantitative estimate of drug-likeness (QED) is 0.800. The van der Waals surface area contributed by atoms with Crippen molar-refractivity contribution >= 4 is 11.6 Å². The molecule has 0 radical (unpaired) electrons. The van der Waals surface area contributed by atoms with Gasteiger partial charge in [-0.1, -0.05) is 54.1 Å². The van der Waals surface area contributed by atoms with E-state index in [1.807, 2.05) is 47.1 Å². The van der Waals surface area contributed by atoms with Crippen molar-refractivity contribution in [3.05, 3.63) is 64.8 Å². The summed E-state index contributed by atoms with van der Waals surface area (Å²) < 4.78 is 1.87. The van der Waals surface area contributed by atoms with E-state index in [-0.39, 0.29) is 0 Å². The average Bonchev–Trinajstić information content (AvgIpc) is 2.99. The number of para-hydroxylation sites is 1. The smallest absolute Gasteiger partial charge is 0.105 e. The highest BCUT2D eigenvalue weighted by Crippen LogP contribution is 2.27. The van der Waals surface area contributed by atoms with Gasteiger partial charge in [-0.25, -0.2) is 4.68 Å². The van der Waals surface area contributed by atoms with Crippen LogP contribution in [0.1, 0.15) is 18.2 Å². The summed E-state index contributed by atoms with van der Waals surface area (Å²) in [4.78, 5) is 0. The molecule has 0 amide bonds. The molecule has 1 aromatic heterocycles. The van der Waals surface area contributed by atoms with E-state index in [0.717, 1.165) is 29.1 Å². The second kappa shape index (κ2) is 6.30. The molecule has 22 heavy (non-hydrogen) atoms. The maximum atomic E-state index is 5.99. The summed E-state index contributed by atoms with van der Waals surface area (Å²) in [6.45, 7) is 2.47.